The SMILES string of the molecule is CCCC1CCN(C(=O)C(C)C(C)N)CC1. The molecule has 0 saturated carbocycles. The summed E-state index contributed by atoms with van der Waals surface area (Å²) in [4.78, 5) is 14.1. The second-order valence-corrected chi connectivity index (χ2v) is 5.21. The zero-order chi connectivity index (χ0) is 12.1. The lowest BCUT2D eigenvalue weighted by molar-refractivity contribution is -0.136. The molecule has 0 aromatic heterocycles. The minimum Gasteiger partial charge on any atom is -0.342 e. The number of amides is 1. The van der Waals surface area contributed by atoms with Crippen molar-refractivity contribution < 1.29 is 4.79 Å². The van der Waals surface area contributed by atoms with E-state index in [9.17, 15) is 4.79 Å². The molecule has 1 heterocycles. The Morgan fingerprint density at radius 1 is 1.38 bits per heavy atom. The molecular formula is C13H26N2O. The summed E-state index contributed by atoms with van der Waals surface area (Å²) in [6.07, 6.45) is 4.91. The standard InChI is InChI=1S/C13H26N2O/c1-4-5-12-6-8-15(9-7-12)13(16)10(2)11(3)14/h10-12H,4-9,14H2,1-3H3. The van der Waals surface area contributed by atoms with Crippen LogP contribution in [0.4, 0.5) is 0 Å². The number of likely N-dealkylation sites (tertiary alicyclic amines) is 1. The van der Waals surface area contributed by atoms with Crippen molar-refractivity contribution in [3.05, 3.63) is 0 Å². The second kappa shape index (κ2) is 6.24. The Bertz CT molecular complexity index is 220. The first-order chi connectivity index (χ1) is 7.56. The van der Waals surface area contributed by atoms with Gasteiger partial charge in [0.15, 0.2) is 0 Å². The molecule has 0 spiro atoms. The van der Waals surface area contributed by atoms with Crippen molar-refractivity contribution in [3.8, 4) is 0 Å². The van der Waals surface area contributed by atoms with Crippen LogP contribution in [0.1, 0.15) is 46.5 Å². The minimum atomic E-state index is -0.0409. The van der Waals surface area contributed by atoms with E-state index in [2.05, 4.69) is 6.92 Å². The van der Waals surface area contributed by atoms with Crippen molar-refractivity contribution in [2.75, 3.05) is 13.1 Å². The first kappa shape index (κ1) is 13.5. The maximum Gasteiger partial charge on any atom is 0.226 e. The first-order valence-electron chi connectivity index (χ1n) is 6.60. The van der Waals surface area contributed by atoms with Crippen molar-refractivity contribution in [2.45, 2.75) is 52.5 Å². The zero-order valence-corrected chi connectivity index (χ0v) is 10.9. The molecule has 0 bridgehead atoms. The largest absolute Gasteiger partial charge is 0.342 e. The fraction of sp³-hybridized carbons (Fsp3) is 0.923. The van der Waals surface area contributed by atoms with Crippen molar-refractivity contribution in [1.82, 2.24) is 4.90 Å². The summed E-state index contributed by atoms with van der Waals surface area (Å²) in [5.41, 5.74) is 5.77. The number of piperidine rings is 1. The summed E-state index contributed by atoms with van der Waals surface area (Å²) in [5.74, 6) is 1.03. The van der Waals surface area contributed by atoms with Crippen LogP contribution in [0, 0.1) is 11.8 Å². The summed E-state index contributed by atoms with van der Waals surface area (Å²) in [6, 6.07) is -0.0409. The Kier molecular flexibility index (Phi) is 5.26. The summed E-state index contributed by atoms with van der Waals surface area (Å²) >= 11 is 0. The highest BCUT2D eigenvalue weighted by atomic mass is 16.2. The van der Waals surface area contributed by atoms with Crippen LogP contribution in [0.5, 0.6) is 0 Å². The highest BCUT2D eigenvalue weighted by Gasteiger charge is 2.26. The van der Waals surface area contributed by atoms with Crippen LogP contribution in [-0.2, 0) is 4.79 Å². The van der Waals surface area contributed by atoms with Crippen molar-refractivity contribution in [1.29, 1.82) is 0 Å². The maximum atomic E-state index is 12.1. The number of carbonyl (C=O) groups excluding carboxylic acids is 1. The fourth-order valence-electron chi connectivity index (χ4n) is 2.36. The van der Waals surface area contributed by atoms with E-state index in [1.165, 1.54) is 25.7 Å². The van der Waals surface area contributed by atoms with Gasteiger partial charge in [-0.05, 0) is 25.7 Å². The van der Waals surface area contributed by atoms with Crippen LogP contribution in [0.3, 0.4) is 0 Å². The molecule has 1 fully saturated rings. The lowest BCUT2D eigenvalue weighted by atomic mass is 9.91. The maximum absolute atomic E-state index is 12.1. The van der Waals surface area contributed by atoms with Gasteiger partial charge in [0, 0.05) is 19.1 Å². The van der Waals surface area contributed by atoms with Gasteiger partial charge in [-0.25, -0.2) is 0 Å². The fourth-order valence-corrected chi connectivity index (χ4v) is 2.36. The van der Waals surface area contributed by atoms with Gasteiger partial charge in [0.25, 0.3) is 0 Å². The van der Waals surface area contributed by atoms with Crippen LogP contribution in [0.25, 0.3) is 0 Å². The summed E-state index contributed by atoms with van der Waals surface area (Å²) < 4.78 is 0. The number of nitrogens with two attached hydrogens (primary N) is 1. The van der Waals surface area contributed by atoms with E-state index in [1.54, 1.807) is 0 Å². The van der Waals surface area contributed by atoms with Gasteiger partial charge >= 0.3 is 0 Å². The molecule has 0 aliphatic carbocycles. The lowest BCUT2D eigenvalue weighted by Gasteiger charge is -2.34. The molecule has 3 heteroatoms. The molecule has 0 aromatic carbocycles. The van der Waals surface area contributed by atoms with Gasteiger partial charge in [-0.3, -0.25) is 4.79 Å². The smallest absolute Gasteiger partial charge is 0.226 e. The minimum absolute atomic E-state index is 0.0391. The molecular weight excluding hydrogens is 200 g/mol. The lowest BCUT2D eigenvalue weighted by Crippen LogP contribution is -2.45. The van der Waals surface area contributed by atoms with E-state index >= 15 is 0 Å². The quantitative estimate of drug-likeness (QED) is 0.797. The average molecular weight is 226 g/mol. The van der Waals surface area contributed by atoms with Gasteiger partial charge in [0.2, 0.25) is 5.91 Å². The topological polar surface area (TPSA) is 46.3 Å². The van der Waals surface area contributed by atoms with Crippen molar-refractivity contribution in [2.24, 2.45) is 17.6 Å². The number of hydrogen-bond acceptors (Lipinski definition) is 2. The second-order valence-electron chi connectivity index (χ2n) is 5.21. The van der Waals surface area contributed by atoms with E-state index in [4.69, 9.17) is 5.73 Å². The summed E-state index contributed by atoms with van der Waals surface area (Å²) in [7, 11) is 0. The van der Waals surface area contributed by atoms with Crippen LogP contribution >= 0.6 is 0 Å². The highest BCUT2D eigenvalue weighted by molar-refractivity contribution is 5.79. The van der Waals surface area contributed by atoms with E-state index in [0.717, 1.165) is 19.0 Å². The summed E-state index contributed by atoms with van der Waals surface area (Å²) in [6.45, 7) is 7.94. The summed E-state index contributed by atoms with van der Waals surface area (Å²) in [5, 5.41) is 0. The van der Waals surface area contributed by atoms with Crippen LogP contribution in [-0.4, -0.2) is 29.9 Å². The molecule has 1 amide bonds. The molecule has 16 heavy (non-hydrogen) atoms. The third-order valence-electron chi connectivity index (χ3n) is 3.80. The van der Waals surface area contributed by atoms with Crippen LogP contribution in [0.2, 0.25) is 0 Å². The van der Waals surface area contributed by atoms with E-state index < -0.39 is 0 Å². The number of rotatable bonds is 4. The van der Waals surface area contributed by atoms with E-state index in [-0.39, 0.29) is 17.9 Å². The molecule has 1 aliphatic heterocycles. The molecule has 2 atom stereocenters. The molecule has 0 aromatic rings. The molecule has 2 unspecified atom stereocenters. The predicted molar refractivity (Wildman–Crippen MR) is 67.0 cm³/mol. The Labute approximate surface area is 99.4 Å². The van der Waals surface area contributed by atoms with E-state index in [0.29, 0.717) is 0 Å². The Hall–Kier alpha value is -0.570. The Morgan fingerprint density at radius 3 is 2.38 bits per heavy atom. The van der Waals surface area contributed by atoms with E-state index in [1.807, 2.05) is 18.7 Å². The molecule has 2 N–H and O–H groups in total. The molecule has 1 saturated heterocycles. The Morgan fingerprint density at radius 2 is 1.94 bits per heavy atom. The molecule has 0 radical (unpaired) electrons. The van der Waals surface area contributed by atoms with Crippen molar-refractivity contribution in [3.63, 3.8) is 0 Å². The molecule has 1 aliphatic rings. The third-order valence-corrected chi connectivity index (χ3v) is 3.80. The first-order valence-corrected chi connectivity index (χ1v) is 6.60. The highest BCUT2D eigenvalue weighted by Crippen LogP contribution is 2.22. The predicted octanol–water partition coefficient (Wildman–Crippen LogP) is 2.01. The van der Waals surface area contributed by atoms with Gasteiger partial charge in [0.05, 0.1) is 5.92 Å². The zero-order valence-electron chi connectivity index (χ0n) is 10.9. The van der Waals surface area contributed by atoms with Crippen LogP contribution < -0.4 is 5.73 Å². The third kappa shape index (κ3) is 3.48. The van der Waals surface area contributed by atoms with Gasteiger partial charge in [-0.2, -0.15) is 0 Å². The van der Waals surface area contributed by atoms with Gasteiger partial charge in [-0.15, -0.1) is 0 Å². The molecule has 94 valence electrons. The Balaban J connectivity index is 2.38. The number of nitrogens with zero attached hydrogens (tertiary/aromatic N) is 1. The van der Waals surface area contributed by atoms with Gasteiger partial charge in [-0.1, -0.05) is 26.7 Å². The average Bonchev–Trinajstić information content (AvgIpc) is 2.28. The number of carbonyl (C=O) groups is 1. The monoisotopic (exact) mass is 226 g/mol. The van der Waals surface area contributed by atoms with Gasteiger partial charge < -0.3 is 10.6 Å². The van der Waals surface area contributed by atoms with Crippen LogP contribution in [0.15, 0.2) is 0 Å². The number of hydrogen-bond donors (Lipinski definition) is 1. The van der Waals surface area contributed by atoms with Gasteiger partial charge in [0.1, 0.15) is 0 Å². The van der Waals surface area contributed by atoms with Crippen molar-refractivity contribution >= 4 is 5.91 Å². The molecule has 3 nitrogen and oxygen atoms in total. The normalized spacial score (nSPS) is 21.9. The molecule has 1 rings (SSSR count).